The first kappa shape index (κ1) is 12.1. The van der Waals surface area contributed by atoms with Crippen LogP contribution in [0.25, 0.3) is 0 Å². The van der Waals surface area contributed by atoms with Crippen LogP contribution in [0.15, 0.2) is 0 Å². The molecule has 0 aromatic heterocycles. The van der Waals surface area contributed by atoms with E-state index in [1.165, 1.54) is 6.42 Å². The molecule has 0 saturated heterocycles. The van der Waals surface area contributed by atoms with Crippen molar-refractivity contribution >= 4 is 10.5 Å². The molecule has 0 aromatic carbocycles. The summed E-state index contributed by atoms with van der Waals surface area (Å²) >= 11 is 0. The maximum absolute atomic E-state index is 5.73. The first-order valence-electron chi connectivity index (χ1n) is 4.93. The Balaban J connectivity index is 3.76. The molecule has 0 aliphatic rings. The molecule has 0 aliphatic heterocycles. The highest BCUT2D eigenvalue weighted by molar-refractivity contribution is 5.98. The van der Waals surface area contributed by atoms with Gasteiger partial charge in [0.1, 0.15) is 10.5 Å². The van der Waals surface area contributed by atoms with Gasteiger partial charge in [-0.25, -0.2) is 0 Å². The Morgan fingerprint density at radius 2 is 1.75 bits per heavy atom. The van der Waals surface area contributed by atoms with Gasteiger partial charge in [0.15, 0.2) is 5.79 Å². The van der Waals surface area contributed by atoms with Crippen LogP contribution >= 0.6 is 0 Å². The zero-order valence-corrected chi connectivity index (χ0v) is 10.9. The summed E-state index contributed by atoms with van der Waals surface area (Å²) in [6.45, 7) is 7.24. The SMILES string of the molecule is CCCCOC(CC)(CC)O[SiH3]. The van der Waals surface area contributed by atoms with Crippen LogP contribution in [0.2, 0.25) is 0 Å². The minimum Gasteiger partial charge on any atom is -0.401 e. The number of rotatable bonds is 7. The van der Waals surface area contributed by atoms with Gasteiger partial charge in [0, 0.05) is 6.61 Å². The highest BCUT2D eigenvalue weighted by Gasteiger charge is 2.24. The molecule has 0 bridgehead atoms. The molecule has 0 saturated carbocycles. The quantitative estimate of drug-likeness (QED) is 0.345. The maximum Gasteiger partial charge on any atom is 0.157 e. The van der Waals surface area contributed by atoms with Crippen LogP contribution in [-0.2, 0) is 9.16 Å². The van der Waals surface area contributed by atoms with E-state index in [9.17, 15) is 0 Å². The van der Waals surface area contributed by atoms with E-state index in [-0.39, 0.29) is 5.79 Å². The smallest absolute Gasteiger partial charge is 0.157 e. The van der Waals surface area contributed by atoms with Crippen molar-refractivity contribution in [3.8, 4) is 0 Å². The van der Waals surface area contributed by atoms with Crippen molar-refractivity contribution in [1.29, 1.82) is 0 Å². The summed E-state index contributed by atoms with van der Waals surface area (Å²) in [6.07, 6.45) is 4.23. The Hall–Kier alpha value is 0.137. The molecule has 0 atom stereocenters. The lowest BCUT2D eigenvalue weighted by atomic mass is 10.1. The monoisotopic (exact) mass is 190 g/mol. The van der Waals surface area contributed by atoms with Gasteiger partial charge in [0.2, 0.25) is 0 Å². The third-order valence-electron chi connectivity index (χ3n) is 2.31. The second-order valence-electron chi connectivity index (χ2n) is 3.02. The van der Waals surface area contributed by atoms with E-state index in [4.69, 9.17) is 9.16 Å². The molecule has 0 fully saturated rings. The zero-order chi connectivity index (χ0) is 9.45. The van der Waals surface area contributed by atoms with Gasteiger partial charge in [0.25, 0.3) is 0 Å². The Kier molecular flexibility index (Phi) is 6.71. The lowest BCUT2D eigenvalue weighted by Crippen LogP contribution is -2.34. The highest BCUT2D eigenvalue weighted by Crippen LogP contribution is 2.20. The van der Waals surface area contributed by atoms with Crippen molar-refractivity contribution in [1.82, 2.24) is 0 Å². The second-order valence-corrected chi connectivity index (χ2v) is 3.43. The van der Waals surface area contributed by atoms with Crippen LogP contribution in [0.5, 0.6) is 0 Å². The third kappa shape index (κ3) is 3.69. The van der Waals surface area contributed by atoms with Crippen LogP contribution in [0.1, 0.15) is 46.5 Å². The lowest BCUT2D eigenvalue weighted by molar-refractivity contribution is -0.185. The molecule has 0 radical (unpaired) electrons. The van der Waals surface area contributed by atoms with Gasteiger partial charge in [-0.2, -0.15) is 0 Å². The molecule has 0 heterocycles. The van der Waals surface area contributed by atoms with Crippen molar-refractivity contribution in [2.24, 2.45) is 0 Å². The molecular formula is C9H22O2Si. The van der Waals surface area contributed by atoms with Crippen LogP contribution < -0.4 is 0 Å². The summed E-state index contributed by atoms with van der Waals surface area (Å²) in [7, 11) is 0.759. The molecule has 0 rings (SSSR count). The van der Waals surface area contributed by atoms with Crippen molar-refractivity contribution in [3.05, 3.63) is 0 Å². The minimum absolute atomic E-state index is 0.263. The second kappa shape index (κ2) is 6.63. The van der Waals surface area contributed by atoms with Gasteiger partial charge in [0.05, 0.1) is 0 Å². The summed E-state index contributed by atoms with van der Waals surface area (Å²) in [5, 5.41) is 0. The molecule has 0 aliphatic carbocycles. The molecule has 3 heteroatoms. The zero-order valence-electron chi connectivity index (χ0n) is 8.85. The van der Waals surface area contributed by atoms with Crippen molar-refractivity contribution < 1.29 is 9.16 Å². The first-order valence-corrected chi connectivity index (χ1v) is 5.75. The molecule has 0 aromatic rings. The average Bonchev–Trinajstić information content (AvgIpc) is 2.14. The topological polar surface area (TPSA) is 18.5 Å². The van der Waals surface area contributed by atoms with E-state index in [2.05, 4.69) is 20.8 Å². The fourth-order valence-electron chi connectivity index (χ4n) is 1.20. The largest absolute Gasteiger partial charge is 0.401 e. The van der Waals surface area contributed by atoms with Crippen molar-refractivity contribution in [2.45, 2.75) is 52.2 Å². The number of hydrogen-bond acceptors (Lipinski definition) is 2. The molecule has 0 amide bonds. The van der Waals surface area contributed by atoms with Crippen LogP contribution in [-0.4, -0.2) is 22.9 Å². The Labute approximate surface area is 79.2 Å². The van der Waals surface area contributed by atoms with E-state index in [1.807, 2.05) is 0 Å². The van der Waals surface area contributed by atoms with E-state index < -0.39 is 0 Å². The predicted octanol–water partition coefficient (Wildman–Crippen LogP) is 1.62. The minimum atomic E-state index is -0.263. The Morgan fingerprint density at radius 1 is 1.17 bits per heavy atom. The predicted molar refractivity (Wildman–Crippen MR) is 55.2 cm³/mol. The summed E-state index contributed by atoms with van der Waals surface area (Å²) in [5.41, 5.74) is 0. The first-order chi connectivity index (χ1) is 5.74. The van der Waals surface area contributed by atoms with Crippen molar-refractivity contribution in [3.63, 3.8) is 0 Å². The molecule has 74 valence electrons. The molecule has 0 N–H and O–H groups in total. The molecule has 2 nitrogen and oxygen atoms in total. The van der Waals surface area contributed by atoms with E-state index >= 15 is 0 Å². The van der Waals surface area contributed by atoms with E-state index in [0.717, 1.165) is 36.4 Å². The average molecular weight is 190 g/mol. The number of ether oxygens (including phenoxy) is 1. The summed E-state index contributed by atoms with van der Waals surface area (Å²) in [6, 6.07) is 0. The van der Waals surface area contributed by atoms with E-state index in [1.54, 1.807) is 0 Å². The lowest BCUT2D eigenvalue weighted by Gasteiger charge is -2.30. The highest BCUT2D eigenvalue weighted by atomic mass is 28.2. The van der Waals surface area contributed by atoms with Gasteiger partial charge < -0.3 is 9.16 Å². The molecule has 12 heavy (non-hydrogen) atoms. The van der Waals surface area contributed by atoms with Crippen LogP contribution in [0.4, 0.5) is 0 Å². The summed E-state index contributed by atoms with van der Waals surface area (Å²) in [4.78, 5) is 0. The Bertz CT molecular complexity index is 94.4. The fraction of sp³-hybridized carbons (Fsp3) is 1.00. The number of hydrogen-bond donors (Lipinski definition) is 0. The normalized spacial score (nSPS) is 12.2. The molecular weight excluding hydrogens is 168 g/mol. The van der Waals surface area contributed by atoms with Crippen molar-refractivity contribution in [2.75, 3.05) is 6.61 Å². The fourth-order valence-corrected chi connectivity index (χ4v) is 1.90. The summed E-state index contributed by atoms with van der Waals surface area (Å²) in [5.74, 6) is -0.263. The van der Waals surface area contributed by atoms with Gasteiger partial charge in [-0.15, -0.1) is 0 Å². The van der Waals surface area contributed by atoms with Gasteiger partial charge in [-0.1, -0.05) is 27.2 Å². The number of unbranched alkanes of at least 4 members (excludes halogenated alkanes) is 1. The summed E-state index contributed by atoms with van der Waals surface area (Å²) < 4.78 is 11.2. The van der Waals surface area contributed by atoms with Crippen LogP contribution in [0.3, 0.4) is 0 Å². The molecule has 0 unspecified atom stereocenters. The van der Waals surface area contributed by atoms with Gasteiger partial charge >= 0.3 is 0 Å². The van der Waals surface area contributed by atoms with Gasteiger partial charge in [-0.05, 0) is 19.3 Å². The van der Waals surface area contributed by atoms with Gasteiger partial charge in [-0.3, -0.25) is 0 Å². The van der Waals surface area contributed by atoms with E-state index in [0.29, 0.717) is 0 Å². The molecule has 0 spiro atoms. The Morgan fingerprint density at radius 3 is 2.08 bits per heavy atom. The standard InChI is InChI=1S/C9H22O2Si/c1-4-7-8-10-9(5-2,6-3)11-12/h4-8H2,1-3,12H3. The third-order valence-corrected chi connectivity index (χ3v) is 3.06. The maximum atomic E-state index is 5.73. The van der Waals surface area contributed by atoms with Crippen LogP contribution in [0, 0.1) is 0 Å².